The van der Waals surface area contributed by atoms with E-state index in [1.807, 2.05) is 18.2 Å². The van der Waals surface area contributed by atoms with Crippen LogP contribution in [0.3, 0.4) is 0 Å². The SMILES string of the molecule is CCOC(=O)COc1cccc2c1CCCC2.Oc1cccc2c1CCCC2. The van der Waals surface area contributed by atoms with Crippen molar-refractivity contribution in [1.82, 2.24) is 0 Å². The number of aromatic hydroxyl groups is 1. The highest BCUT2D eigenvalue weighted by molar-refractivity contribution is 5.71. The highest BCUT2D eigenvalue weighted by Crippen LogP contribution is 2.29. The van der Waals surface area contributed by atoms with Crippen LogP contribution in [0.5, 0.6) is 11.5 Å². The van der Waals surface area contributed by atoms with Crippen molar-refractivity contribution in [2.45, 2.75) is 58.3 Å². The molecule has 4 heteroatoms. The second kappa shape index (κ2) is 10.2. The molecule has 2 aromatic rings. The molecule has 0 heterocycles. The van der Waals surface area contributed by atoms with Crippen LogP contribution < -0.4 is 4.74 Å². The Labute approximate surface area is 167 Å². The average molecular weight is 383 g/mol. The fourth-order valence-electron chi connectivity index (χ4n) is 3.98. The van der Waals surface area contributed by atoms with Gasteiger partial charge < -0.3 is 14.6 Å². The molecule has 4 rings (SSSR count). The number of carbonyl (C=O) groups excluding carboxylic acids is 1. The Kier molecular flexibility index (Phi) is 7.35. The molecule has 0 aliphatic heterocycles. The Hall–Kier alpha value is -2.49. The first-order chi connectivity index (χ1) is 13.7. The van der Waals surface area contributed by atoms with Crippen LogP contribution in [0.25, 0.3) is 0 Å². The predicted octanol–water partition coefficient (Wildman–Crippen LogP) is 4.78. The Morgan fingerprint density at radius 1 is 0.893 bits per heavy atom. The highest BCUT2D eigenvalue weighted by atomic mass is 16.6. The van der Waals surface area contributed by atoms with Gasteiger partial charge in [0, 0.05) is 0 Å². The van der Waals surface area contributed by atoms with E-state index in [4.69, 9.17) is 9.47 Å². The lowest BCUT2D eigenvalue weighted by atomic mass is 9.91. The summed E-state index contributed by atoms with van der Waals surface area (Å²) >= 11 is 0. The van der Waals surface area contributed by atoms with Crippen LogP contribution in [0.4, 0.5) is 0 Å². The van der Waals surface area contributed by atoms with Crippen molar-refractivity contribution in [1.29, 1.82) is 0 Å². The van der Waals surface area contributed by atoms with Gasteiger partial charge in [-0.15, -0.1) is 0 Å². The zero-order chi connectivity index (χ0) is 19.8. The summed E-state index contributed by atoms with van der Waals surface area (Å²) in [5.74, 6) is 1.03. The minimum atomic E-state index is -0.305. The van der Waals surface area contributed by atoms with Crippen molar-refractivity contribution in [3.63, 3.8) is 0 Å². The Morgan fingerprint density at radius 2 is 1.50 bits per heavy atom. The van der Waals surface area contributed by atoms with E-state index >= 15 is 0 Å². The van der Waals surface area contributed by atoms with Crippen molar-refractivity contribution in [3.8, 4) is 11.5 Å². The topological polar surface area (TPSA) is 55.8 Å². The third-order valence-electron chi connectivity index (χ3n) is 5.38. The summed E-state index contributed by atoms with van der Waals surface area (Å²) in [7, 11) is 0. The Bertz CT molecular complexity index is 797. The molecule has 0 radical (unpaired) electrons. The largest absolute Gasteiger partial charge is 0.508 e. The third-order valence-corrected chi connectivity index (χ3v) is 5.38. The smallest absolute Gasteiger partial charge is 0.344 e. The van der Waals surface area contributed by atoms with E-state index in [0.29, 0.717) is 12.4 Å². The number of carbonyl (C=O) groups is 1. The molecule has 1 N–H and O–H groups in total. The van der Waals surface area contributed by atoms with Crippen LogP contribution in [0.15, 0.2) is 36.4 Å². The number of aryl methyl sites for hydroxylation is 2. The molecule has 0 amide bonds. The van der Waals surface area contributed by atoms with Crippen LogP contribution >= 0.6 is 0 Å². The van der Waals surface area contributed by atoms with E-state index in [1.165, 1.54) is 47.9 Å². The quantitative estimate of drug-likeness (QED) is 0.773. The summed E-state index contributed by atoms with van der Waals surface area (Å²) < 4.78 is 10.4. The molecular weight excluding hydrogens is 352 g/mol. The summed E-state index contributed by atoms with van der Waals surface area (Å²) in [6, 6.07) is 11.9. The normalized spacial score (nSPS) is 14.8. The number of hydrogen-bond donors (Lipinski definition) is 1. The maximum atomic E-state index is 11.2. The number of ether oxygens (including phenoxy) is 2. The molecule has 2 aromatic carbocycles. The summed E-state index contributed by atoms with van der Waals surface area (Å²) in [6.07, 6.45) is 9.31. The second-order valence-electron chi connectivity index (χ2n) is 7.32. The lowest BCUT2D eigenvalue weighted by Crippen LogP contribution is -2.16. The van der Waals surface area contributed by atoms with Gasteiger partial charge in [-0.3, -0.25) is 0 Å². The maximum Gasteiger partial charge on any atom is 0.344 e. The summed E-state index contributed by atoms with van der Waals surface area (Å²) in [4.78, 5) is 11.2. The van der Waals surface area contributed by atoms with Crippen molar-refractivity contribution in [2.24, 2.45) is 0 Å². The minimum absolute atomic E-state index is 0.00426. The second-order valence-corrected chi connectivity index (χ2v) is 7.32. The van der Waals surface area contributed by atoms with E-state index in [9.17, 15) is 9.90 Å². The van der Waals surface area contributed by atoms with E-state index in [-0.39, 0.29) is 12.6 Å². The first-order valence-corrected chi connectivity index (χ1v) is 10.4. The lowest BCUT2D eigenvalue weighted by Gasteiger charge is -2.19. The average Bonchev–Trinajstić information content (AvgIpc) is 2.73. The molecule has 150 valence electrons. The molecule has 0 saturated heterocycles. The molecule has 2 aliphatic rings. The number of rotatable bonds is 4. The van der Waals surface area contributed by atoms with Gasteiger partial charge in [-0.1, -0.05) is 24.3 Å². The minimum Gasteiger partial charge on any atom is -0.508 e. The number of benzene rings is 2. The number of hydrogen-bond acceptors (Lipinski definition) is 4. The Morgan fingerprint density at radius 3 is 2.18 bits per heavy atom. The van der Waals surface area contributed by atoms with E-state index in [0.717, 1.165) is 31.4 Å². The zero-order valence-corrected chi connectivity index (χ0v) is 16.7. The lowest BCUT2D eigenvalue weighted by molar-refractivity contribution is -0.145. The number of phenols is 1. The van der Waals surface area contributed by atoms with Gasteiger partial charge in [-0.25, -0.2) is 4.79 Å². The zero-order valence-electron chi connectivity index (χ0n) is 16.7. The molecule has 4 nitrogen and oxygen atoms in total. The summed E-state index contributed by atoms with van der Waals surface area (Å²) in [6.45, 7) is 2.20. The predicted molar refractivity (Wildman–Crippen MR) is 110 cm³/mol. The van der Waals surface area contributed by atoms with Crippen molar-refractivity contribution >= 4 is 5.97 Å². The van der Waals surface area contributed by atoms with Gasteiger partial charge >= 0.3 is 5.97 Å². The molecule has 2 aliphatic carbocycles. The number of fused-ring (bicyclic) bond motifs is 2. The molecular formula is C24H30O4. The van der Waals surface area contributed by atoms with Crippen LogP contribution in [0.1, 0.15) is 54.9 Å². The number of esters is 1. The van der Waals surface area contributed by atoms with E-state index in [1.54, 1.807) is 13.0 Å². The molecule has 0 spiro atoms. The van der Waals surface area contributed by atoms with Gasteiger partial charge in [0.15, 0.2) is 6.61 Å². The fraction of sp³-hybridized carbons (Fsp3) is 0.458. The van der Waals surface area contributed by atoms with Crippen molar-refractivity contribution in [3.05, 3.63) is 58.7 Å². The molecule has 0 aromatic heterocycles. The van der Waals surface area contributed by atoms with Gasteiger partial charge in [0.05, 0.1) is 6.61 Å². The summed E-state index contributed by atoms with van der Waals surface area (Å²) in [5, 5.41) is 9.46. The monoisotopic (exact) mass is 382 g/mol. The van der Waals surface area contributed by atoms with Gasteiger partial charge in [-0.2, -0.15) is 0 Å². The van der Waals surface area contributed by atoms with Crippen LogP contribution in [0.2, 0.25) is 0 Å². The van der Waals surface area contributed by atoms with Gasteiger partial charge in [0.2, 0.25) is 0 Å². The van der Waals surface area contributed by atoms with Gasteiger partial charge in [0.25, 0.3) is 0 Å². The van der Waals surface area contributed by atoms with Gasteiger partial charge in [-0.05, 0) is 92.7 Å². The standard InChI is InChI=1S/C14H18O3.C10H12O/c1-2-16-14(15)10-17-13-9-5-7-11-6-3-4-8-12(11)13;11-10-7-3-5-8-4-1-2-6-9(8)10/h5,7,9H,2-4,6,8,10H2,1H3;3,5,7,11H,1-2,4,6H2. The van der Waals surface area contributed by atoms with Crippen molar-refractivity contribution in [2.75, 3.05) is 13.2 Å². The van der Waals surface area contributed by atoms with Crippen LogP contribution in [0, 0.1) is 0 Å². The van der Waals surface area contributed by atoms with Crippen LogP contribution in [-0.4, -0.2) is 24.3 Å². The summed E-state index contributed by atoms with van der Waals surface area (Å²) in [5.41, 5.74) is 5.15. The first-order valence-electron chi connectivity index (χ1n) is 10.4. The molecule has 0 unspecified atom stereocenters. The molecule has 0 fully saturated rings. The molecule has 0 atom stereocenters. The molecule has 0 saturated carbocycles. The first kappa shape index (κ1) is 20.2. The fourth-order valence-corrected chi connectivity index (χ4v) is 3.98. The molecule has 0 bridgehead atoms. The number of phenolic OH excluding ortho intramolecular Hbond substituents is 1. The highest BCUT2D eigenvalue weighted by Gasteiger charge is 2.14. The Balaban J connectivity index is 0.000000176. The van der Waals surface area contributed by atoms with Crippen molar-refractivity contribution < 1.29 is 19.4 Å². The van der Waals surface area contributed by atoms with Gasteiger partial charge in [0.1, 0.15) is 11.5 Å². The van der Waals surface area contributed by atoms with E-state index in [2.05, 4.69) is 12.1 Å². The third kappa shape index (κ3) is 5.28. The van der Waals surface area contributed by atoms with Crippen LogP contribution in [-0.2, 0) is 35.2 Å². The molecule has 28 heavy (non-hydrogen) atoms. The van der Waals surface area contributed by atoms with E-state index < -0.39 is 0 Å². The maximum absolute atomic E-state index is 11.2.